The van der Waals surface area contributed by atoms with Crippen molar-refractivity contribution in [3.63, 3.8) is 0 Å². The summed E-state index contributed by atoms with van der Waals surface area (Å²) in [6.45, 7) is 8.29. The third kappa shape index (κ3) is 0.288. The molecule has 2 N–H and O–H groups in total. The predicted octanol–water partition coefficient (Wildman–Crippen LogP) is -0.953. The molecule has 5 heteroatoms. The molecule has 4 fully saturated rings. The van der Waals surface area contributed by atoms with Gasteiger partial charge in [-0.15, -0.1) is 0 Å². The molecule has 0 radical (unpaired) electrons. The van der Waals surface area contributed by atoms with Crippen molar-refractivity contribution >= 4 is 26.0 Å². The zero-order valence-electron chi connectivity index (χ0n) is 5.80. The van der Waals surface area contributed by atoms with Crippen LogP contribution in [0.15, 0.2) is 0 Å². The number of hydrogen-bond donors (Lipinski definition) is 1. The molecule has 0 aliphatic carbocycles. The first-order chi connectivity index (χ1) is 4.40. The number of fused-ring (bicyclic) bond motifs is 4. The molecule has 0 saturated carbocycles. The average Bonchev–Trinajstić information content (AvgIpc) is 2.45. The molecule has 0 amide bonds. The fraction of sp³-hybridized carbons (Fsp3) is 1.00. The van der Waals surface area contributed by atoms with E-state index in [1.54, 1.807) is 0 Å². The lowest BCUT2D eigenvalue weighted by molar-refractivity contribution is 0.932. The number of hydrogen-bond acceptors (Lipinski definition) is 1. The quantitative estimate of drug-likeness (QED) is 0.437. The Bertz CT molecular complexity index is 136. The van der Waals surface area contributed by atoms with Gasteiger partial charge >= 0.3 is 0 Å². The molecule has 4 aliphatic rings. The van der Waals surface area contributed by atoms with Crippen LogP contribution in [0.4, 0.5) is 0 Å². The first-order valence-corrected chi connectivity index (χ1v) is 4.10. The fourth-order valence-corrected chi connectivity index (χ4v) is 2.66. The lowest BCUT2D eigenvalue weighted by atomic mass is 8.81. The first kappa shape index (κ1) is 4.95. The van der Waals surface area contributed by atoms with Crippen molar-refractivity contribution in [1.82, 2.24) is 0 Å². The zero-order valence-corrected chi connectivity index (χ0v) is 5.80. The van der Waals surface area contributed by atoms with Gasteiger partial charge < -0.3 is 5.73 Å². The summed E-state index contributed by atoms with van der Waals surface area (Å²) in [7, 11) is 0. The van der Waals surface area contributed by atoms with Crippen LogP contribution in [0.1, 0.15) is 13.3 Å². The van der Waals surface area contributed by atoms with Crippen molar-refractivity contribution in [3.05, 3.63) is 0 Å². The lowest BCUT2D eigenvalue weighted by Crippen LogP contribution is -2.38. The Balaban J connectivity index is 0.0000000715. The standard InChI is InChI=1S/C3H9N.CB4/c1-2-3-4;2-1-3(2)5(1)4(1)2/h2-4H2,1H3;. The maximum atomic E-state index is 5.03. The van der Waals surface area contributed by atoms with Gasteiger partial charge in [-0.3, -0.25) is 0 Å². The Morgan fingerprint density at radius 3 is 1.44 bits per heavy atom. The van der Waals surface area contributed by atoms with Gasteiger partial charge in [0.2, 0.25) is 0 Å². The van der Waals surface area contributed by atoms with E-state index in [1.165, 1.54) is 31.0 Å². The van der Waals surface area contributed by atoms with E-state index in [0.29, 0.717) is 0 Å². The lowest BCUT2D eigenvalue weighted by Gasteiger charge is -1.96. The summed E-state index contributed by atoms with van der Waals surface area (Å²) in [6.07, 6.45) is 1.10. The highest BCUT2D eigenvalue weighted by molar-refractivity contribution is 8.45. The molecular formula is C4H9B4N. The van der Waals surface area contributed by atoms with Crippen molar-refractivity contribution in [2.75, 3.05) is 6.54 Å². The van der Waals surface area contributed by atoms with E-state index in [9.17, 15) is 0 Å². The number of rotatable bonds is 1. The molecule has 1 nitrogen and oxygen atoms in total. The SMILES string of the molecule is B12B3B4B1C234.CCCN. The van der Waals surface area contributed by atoms with Gasteiger partial charge in [-0.25, -0.2) is 0 Å². The molecule has 0 aromatic heterocycles. The summed E-state index contributed by atoms with van der Waals surface area (Å²) < 4.78 is 0. The summed E-state index contributed by atoms with van der Waals surface area (Å²) in [5, 5.41) is 1.17. The van der Waals surface area contributed by atoms with Crippen LogP contribution in [0.5, 0.6) is 0 Å². The van der Waals surface area contributed by atoms with Crippen molar-refractivity contribution in [3.8, 4) is 0 Å². The van der Waals surface area contributed by atoms with Crippen molar-refractivity contribution < 1.29 is 0 Å². The van der Waals surface area contributed by atoms with E-state index < -0.39 is 0 Å². The van der Waals surface area contributed by atoms with E-state index in [1.807, 2.05) is 0 Å². The molecule has 0 atom stereocenters. The summed E-state index contributed by atoms with van der Waals surface area (Å²) in [4.78, 5) is 0. The van der Waals surface area contributed by atoms with Crippen LogP contribution < -0.4 is 5.73 Å². The minimum Gasteiger partial charge on any atom is -0.330 e. The van der Waals surface area contributed by atoms with Crippen molar-refractivity contribution in [2.45, 2.75) is 18.4 Å². The van der Waals surface area contributed by atoms with E-state index in [2.05, 4.69) is 6.92 Å². The predicted molar refractivity (Wildman–Crippen MR) is 45.1 cm³/mol. The minimum absolute atomic E-state index is 0.819. The third-order valence-corrected chi connectivity index (χ3v) is 3.71. The van der Waals surface area contributed by atoms with E-state index in [-0.39, 0.29) is 0 Å². The van der Waals surface area contributed by atoms with Crippen LogP contribution >= 0.6 is 0 Å². The normalized spacial score (nSPS) is 30.0. The minimum atomic E-state index is 0.819. The second-order valence-corrected chi connectivity index (χ2v) is 3.89. The molecular weight excluding hydrogens is 105 g/mol. The number of nitrogens with two attached hydrogens (primary N) is 1. The van der Waals surface area contributed by atoms with Crippen LogP contribution in [0.25, 0.3) is 0 Å². The van der Waals surface area contributed by atoms with Gasteiger partial charge in [-0.1, -0.05) is 6.92 Å². The van der Waals surface area contributed by atoms with Crippen LogP contribution in [-0.2, 0) is 0 Å². The highest BCUT2D eigenvalue weighted by atomic mass is 14.5. The largest absolute Gasteiger partial charge is 0.330 e. The van der Waals surface area contributed by atoms with Gasteiger partial charge in [0.05, 0.1) is 0 Å². The van der Waals surface area contributed by atoms with E-state index in [0.717, 1.165) is 13.0 Å². The van der Waals surface area contributed by atoms with Gasteiger partial charge in [0, 0.05) is 26.0 Å². The molecule has 1 spiro atoms. The monoisotopic (exact) mass is 115 g/mol. The molecule has 9 heavy (non-hydrogen) atoms. The molecule has 0 aromatic carbocycles. The Morgan fingerprint density at radius 1 is 1.22 bits per heavy atom. The summed E-state index contributed by atoms with van der Waals surface area (Å²) in [5.41, 5.74) is 5.03. The van der Waals surface area contributed by atoms with Gasteiger partial charge in [-0.05, 0) is 13.0 Å². The summed E-state index contributed by atoms with van der Waals surface area (Å²) in [5.74, 6) is 0. The average molecular weight is 114 g/mol. The summed E-state index contributed by atoms with van der Waals surface area (Å²) in [6, 6.07) is 0. The molecule has 0 aromatic rings. The molecule has 4 heterocycles. The zero-order chi connectivity index (χ0) is 6.22. The Morgan fingerprint density at radius 2 is 1.44 bits per heavy atom. The Labute approximate surface area is 57.4 Å². The van der Waals surface area contributed by atoms with Crippen molar-refractivity contribution in [1.29, 1.82) is 0 Å². The second-order valence-electron chi connectivity index (χ2n) is 3.89. The van der Waals surface area contributed by atoms with Gasteiger partial charge in [0.15, 0.2) is 0 Å². The summed E-state index contributed by atoms with van der Waals surface area (Å²) >= 11 is 0. The molecule has 0 unspecified atom stereocenters. The smallest absolute Gasteiger partial charge is 0.0410 e. The van der Waals surface area contributed by atoms with Gasteiger partial charge in [0.25, 0.3) is 0 Å². The van der Waals surface area contributed by atoms with Crippen LogP contribution in [0, 0.1) is 0 Å². The van der Waals surface area contributed by atoms with Crippen LogP contribution in [-0.4, -0.2) is 32.5 Å². The highest BCUT2D eigenvalue weighted by Gasteiger charge is 3.22. The molecule has 4 aliphatic heterocycles. The van der Waals surface area contributed by atoms with E-state index >= 15 is 0 Å². The van der Waals surface area contributed by atoms with Gasteiger partial charge in [0.1, 0.15) is 0 Å². The Kier molecular flexibility index (Phi) is 0.576. The maximum absolute atomic E-state index is 5.03. The maximum Gasteiger partial charge on any atom is 0.0410 e. The van der Waals surface area contributed by atoms with Crippen molar-refractivity contribution in [2.24, 2.45) is 5.73 Å². The molecule has 0 bridgehead atoms. The van der Waals surface area contributed by atoms with Crippen LogP contribution in [0.2, 0.25) is 5.01 Å². The third-order valence-electron chi connectivity index (χ3n) is 3.71. The highest BCUT2D eigenvalue weighted by Crippen LogP contribution is 3.04. The second kappa shape index (κ2) is 1.05. The fourth-order valence-electron chi connectivity index (χ4n) is 2.66. The van der Waals surface area contributed by atoms with Gasteiger partial charge in [-0.2, -0.15) is 5.01 Å². The van der Waals surface area contributed by atoms with Crippen LogP contribution in [0.3, 0.4) is 0 Å². The molecule has 4 rings (SSSR count). The Hall–Kier alpha value is 0.220. The molecule has 4 saturated heterocycles. The first-order valence-electron chi connectivity index (χ1n) is 4.10. The van der Waals surface area contributed by atoms with E-state index in [4.69, 9.17) is 5.73 Å². The topological polar surface area (TPSA) is 26.0 Å². The molecule has 42 valence electrons.